The first-order chi connectivity index (χ1) is 14.1. The number of carbonyl (C=O) groups excluding carboxylic acids is 2. The smallest absolute Gasteiger partial charge is 0.257 e. The average Bonchev–Trinajstić information content (AvgIpc) is 3.16. The summed E-state index contributed by atoms with van der Waals surface area (Å²) in [5, 5.41) is 24.9. The summed E-state index contributed by atoms with van der Waals surface area (Å²) in [5.74, 6) is -0.490. The molecule has 1 heterocycles. The minimum atomic E-state index is -0.416. The van der Waals surface area contributed by atoms with Gasteiger partial charge in [0.15, 0.2) is 11.5 Å². The second-order valence-corrected chi connectivity index (χ2v) is 6.75. The number of para-hydroxylation sites is 1. The third-order valence-corrected chi connectivity index (χ3v) is 4.52. The summed E-state index contributed by atoms with van der Waals surface area (Å²) in [4.78, 5) is 24.1. The second-order valence-electron chi connectivity index (χ2n) is 5.69. The lowest BCUT2D eigenvalue weighted by Crippen LogP contribution is -2.19. The van der Waals surface area contributed by atoms with Crippen molar-refractivity contribution in [1.82, 2.24) is 15.6 Å². The molecule has 0 unspecified atom stereocenters. The van der Waals surface area contributed by atoms with E-state index in [9.17, 15) is 14.7 Å². The van der Waals surface area contributed by atoms with Crippen LogP contribution in [0.3, 0.4) is 0 Å². The molecule has 0 fully saturated rings. The van der Waals surface area contributed by atoms with Gasteiger partial charge < -0.3 is 9.84 Å². The highest BCUT2D eigenvalue weighted by atomic mass is 32.1. The highest BCUT2D eigenvalue weighted by molar-refractivity contribution is 7.15. The molecule has 9 nitrogen and oxygen atoms in total. The van der Waals surface area contributed by atoms with Gasteiger partial charge in [0.05, 0.1) is 19.7 Å². The lowest BCUT2D eigenvalue weighted by Gasteiger charge is -2.04. The average molecular weight is 411 g/mol. The second kappa shape index (κ2) is 9.42. The van der Waals surface area contributed by atoms with E-state index in [1.807, 2.05) is 6.07 Å². The third kappa shape index (κ3) is 5.36. The first-order valence-corrected chi connectivity index (χ1v) is 9.25. The zero-order chi connectivity index (χ0) is 20.6. The Morgan fingerprint density at radius 2 is 1.97 bits per heavy atom. The molecule has 0 saturated carbocycles. The van der Waals surface area contributed by atoms with Gasteiger partial charge in [-0.1, -0.05) is 35.6 Å². The molecule has 1 aromatic heterocycles. The number of nitrogens with zero attached hydrogens (tertiary/aromatic N) is 3. The number of nitrogens with one attached hydrogen (secondary N) is 2. The van der Waals surface area contributed by atoms with Crippen LogP contribution in [0, 0.1) is 0 Å². The standard InChI is InChI=1S/C19H17N5O4S/c1-28-14-9-5-8-13(17(14)26)11-20-22-15(25)10-16-23-24-19(29-16)21-18(27)12-6-3-2-4-7-12/h2-9,11,26H,10H2,1H3,(H,22,25)(H,21,24,27)/b20-11-. The third-order valence-electron chi connectivity index (χ3n) is 3.68. The van der Waals surface area contributed by atoms with Crippen LogP contribution in [0.25, 0.3) is 0 Å². The molecule has 3 N–H and O–H groups in total. The summed E-state index contributed by atoms with van der Waals surface area (Å²) in [5.41, 5.74) is 3.24. The molecule has 0 radical (unpaired) electrons. The van der Waals surface area contributed by atoms with E-state index in [0.29, 0.717) is 27.0 Å². The maximum atomic E-state index is 12.1. The predicted molar refractivity (Wildman–Crippen MR) is 108 cm³/mol. The minimum Gasteiger partial charge on any atom is -0.504 e. The summed E-state index contributed by atoms with van der Waals surface area (Å²) in [6.45, 7) is 0. The fourth-order valence-corrected chi connectivity index (χ4v) is 3.03. The first kappa shape index (κ1) is 20.0. The molecule has 0 atom stereocenters. The Hall–Kier alpha value is -3.79. The molecule has 0 spiro atoms. The number of amides is 2. The van der Waals surface area contributed by atoms with E-state index in [0.717, 1.165) is 11.3 Å². The number of aromatic hydroxyl groups is 1. The molecule has 0 aliphatic carbocycles. The Bertz CT molecular complexity index is 1040. The molecule has 10 heteroatoms. The molecular formula is C19H17N5O4S. The zero-order valence-corrected chi connectivity index (χ0v) is 16.1. The normalized spacial score (nSPS) is 10.7. The number of benzene rings is 2. The number of anilines is 1. The van der Waals surface area contributed by atoms with Crippen LogP contribution in [-0.2, 0) is 11.2 Å². The van der Waals surface area contributed by atoms with Crippen LogP contribution in [0.5, 0.6) is 11.5 Å². The SMILES string of the molecule is COc1cccc(/C=N\NC(=O)Cc2nnc(NC(=O)c3ccccc3)s2)c1O. The fraction of sp³-hybridized carbons (Fsp3) is 0.105. The maximum Gasteiger partial charge on any atom is 0.257 e. The van der Waals surface area contributed by atoms with Gasteiger partial charge in [0.25, 0.3) is 5.91 Å². The van der Waals surface area contributed by atoms with Crippen molar-refractivity contribution in [1.29, 1.82) is 0 Å². The van der Waals surface area contributed by atoms with Crippen molar-refractivity contribution >= 4 is 34.5 Å². The van der Waals surface area contributed by atoms with Gasteiger partial charge in [-0.2, -0.15) is 5.10 Å². The molecule has 29 heavy (non-hydrogen) atoms. The molecule has 0 aliphatic rings. The summed E-state index contributed by atoms with van der Waals surface area (Å²) in [6.07, 6.45) is 1.25. The van der Waals surface area contributed by atoms with Gasteiger partial charge in [-0.3, -0.25) is 14.9 Å². The highest BCUT2D eigenvalue weighted by Crippen LogP contribution is 2.27. The van der Waals surface area contributed by atoms with Crippen LogP contribution in [0.2, 0.25) is 0 Å². The number of ether oxygens (including phenoxy) is 1. The van der Waals surface area contributed by atoms with Gasteiger partial charge in [0.2, 0.25) is 11.0 Å². The molecule has 2 amide bonds. The van der Waals surface area contributed by atoms with Crippen molar-refractivity contribution in [3.63, 3.8) is 0 Å². The van der Waals surface area contributed by atoms with Crippen molar-refractivity contribution in [2.75, 3.05) is 12.4 Å². The van der Waals surface area contributed by atoms with Crippen molar-refractivity contribution in [2.24, 2.45) is 5.10 Å². The Labute approximate surface area is 170 Å². The molecule has 148 valence electrons. The van der Waals surface area contributed by atoms with Crippen molar-refractivity contribution in [3.05, 3.63) is 64.7 Å². The van der Waals surface area contributed by atoms with Gasteiger partial charge >= 0.3 is 0 Å². The van der Waals surface area contributed by atoms with Crippen LogP contribution in [0.4, 0.5) is 5.13 Å². The van der Waals surface area contributed by atoms with Crippen molar-refractivity contribution in [2.45, 2.75) is 6.42 Å². The predicted octanol–water partition coefficient (Wildman–Crippen LogP) is 2.20. The van der Waals surface area contributed by atoms with E-state index in [2.05, 4.69) is 26.0 Å². The summed E-state index contributed by atoms with van der Waals surface area (Å²) < 4.78 is 5.01. The quantitative estimate of drug-likeness (QED) is 0.404. The fourth-order valence-electron chi connectivity index (χ4n) is 2.29. The minimum absolute atomic E-state index is 0.0553. The summed E-state index contributed by atoms with van der Waals surface area (Å²) in [6, 6.07) is 13.6. The van der Waals surface area contributed by atoms with Gasteiger partial charge in [-0.15, -0.1) is 10.2 Å². The molecule has 0 saturated heterocycles. The Kier molecular flexibility index (Phi) is 6.48. The number of phenols is 1. The molecule has 3 aromatic rings. The van der Waals surface area contributed by atoms with Crippen LogP contribution in [-0.4, -0.2) is 40.4 Å². The monoisotopic (exact) mass is 411 g/mol. The Balaban J connectivity index is 1.53. The lowest BCUT2D eigenvalue weighted by molar-refractivity contribution is -0.120. The van der Waals surface area contributed by atoms with E-state index < -0.39 is 5.91 Å². The van der Waals surface area contributed by atoms with Crippen molar-refractivity contribution < 1.29 is 19.4 Å². The van der Waals surface area contributed by atoms with E-state index in [4.69, 9.17) is 4.74 Å². The molecule has 2 aromatic carbocycles. The first-order valence-electron chi connectivity index (χ1n) is 8.43. The van der Waals surface area contributed by atoms with Crippen LogP contribution in [0.15, 0.2) is 53.6 Å². The van der Waals surface area contributed by atoms with Gasteiger partial charge in [0.1, 0.15) is 5.01 Å². The molecule has 0 bridgehead atoms. The number of hydrogen-bond donors (Lipinski definition) is 3. The Morgan fingerprint density at radius 3 is 2.72 bits per heavy atom. The number of hydrogen-bond acceptors (Lipinski definition) is 8. The number of aromatic nitrogens is 2. The van der Waals surface area contributed by atoms with Gasteiger partial charge in [-0.25, -0.2) is 5.43 Å². The van der Waals surface area contributed by atoms with Gasteiger partial charge in [0, 0.05) is 11.1 Å². The van der Waals surface area contributed by atoms with Crippen molar-refractivity contribution in [3.8, 4) is 11.5 Å². The summed E-state index contributed by atoms with van der Waals surface area (Å²) >= 11 is 1.10. The Morgan fingerprint density at radius 1 is 1.17 bits per heavy atom. The number of phenolic OH excluding ortho intramolecular Hbond substituents is 1. The molecule has 0 aliphatic heterocycles. The lowest BCUT2D eigenvalue weighted by atomic mass is 10.2. The van der Waals surface area contributed by atoms with E-state index in [-0.39, 0.29) is 18.1 Å². The van der Waals surface area contributed by atoms with Crippen LogP contribution >= 0.6 is 11.3 Å². The molecular weight excluding hydrogens is 394 g/mol. The highest BCUT2D eigenvalue weighted by Gasteiger charge is 2.12. The topological polar surface area (TPSA) is 126 Å². The molecule has 3 rings (SSSR count). The summed E-state index contributed by atoms with van der Waals surface area (Å²) in [7, 11) is 1.44. The number of rotatable bonds is 7. The largest absolute Gasteiger partial charge is 0.504 e. The van der Waals surface area contributed by atoms with E-state index in [1.165, 1.54) is 13.3 Å². The number of hydrazone groups is 1. The van der Waals surface area contributed by atoms with Crippen LogP contribution < -0.4 is 15.5 Å². The number of methoxy groups -OCH3 is 1. The maximum absolute atomic E-state index is 12.1. The number of carbonyl (C=O) groups is 2. The van der Waals surface area contributed by atoms with E-state index in [1.54, 1.807) is 42.5 Å². The van der Waals surface area contributed by atoms with Crippen LogP contribution in [0.1, 0.15) is 20.9 Å². The van der Waals surface area contributed by atoms with E-state index >= 15 is 0 Å². The zero-order valence-electron chi connectivity index (χ0n) is 15.3. The van der Waals surface area contributed by atoms with Gasteiger partial charge in [-0.05, 0) is 24.3 Å².